The maximum atomic E-state index is 12.1. The summed E-state index contributed by atoms with van der Waals surface area (Å²) < 4.78 is 2.33. The second-order valence-electron chi connectivity index (χ2n) is 4.13. The number of carbonyl (C=O) groups excluding carboxylic acids is 1. The topological polar surface area (TPSA) is 76.9 Å². The number of pyridine rings is 1. The lowest BCUT2D eigenvalue weighted by Gasteiger charge is -2.10. The summed E-state index contributed by atoms with van der Waals surface area (Å²) >= 11 is 3.32. The van der Waals surface area contributed by atoms with Crippen molar-refractivity contribution in [1.29, 1.82) is 0 Å². The molecular formula is C12H13BrN4O2. The monoisotopic (exact) mass is 324 g/mol. The summed E-state index contributed by atoms with van der Waals surface area (Å²) in [6.07, 6.45) is 1.62. The van der Waals surface area contributed by atoms with Crippen molar-refractivity contribution in [2.24, 2.45) is 0 Å². The predicted molar refractivity (Wildman–Crippen MR) is 74.9 cm³/mol. The summed E-state index contributed by atoms with van der Waals surface area (Å²) in [5.74, 6) is -0.126. The Morgan fingerprint density at radius 3 is 2.95 bits per heavy atom. The highest BCUT2D eigenvalue weighted by molar-refractivity contribution is 9.10. The lowest BCUT2D eigenvalue weighted by Crippen LogP contribution is -2.31. The molecule has 6 nitrogen and oxygen atoms in total. The Morgan fingerprint density at radius 2 is 2.26 bits per heavy atom. The second-order valence-corrected chi connectivity index (χ2v) is 5.05. The number of hydrogen-bond acceptors (Lipinski definition) is 4. The summed E-state index contributed by atoms with van der Waals surface area (Å²) in [4.78, 5) is 31.4. The molecule has 2 heterocycles. The molecule has 0 saturated carbocycles. The van der Waals surface area contributed by atoms with Gasteiger partial charge in [-0.05, 0) is 28.9 Å². The third-order valence-corrected chi connectivity index (χ3v) is 3.06. The number of rotatable bonds is 3. The van der Waals surface area contributed by atoms with Crippen LogP contribution in [-0.2, 0) is 11.3 Å². The lowest BCUT2D eigenvalue weighted by atomic mass is 10.3. The van der Waals surface area contributed by atoms with Gasteiger partial charge in [-0.15, -0.1) is 0 Å². The SMILES string of the molecule is CC(=O)NCCn1c(=O)c(C)nc2cc(Br)cnc21. The zero-order valence-electron chi connectivity index (χ0n) is 10.6. The molecule has 2 rings (SSSR count). The van der Waals surface area contributed by atoms with Crippen molar-refractivity contribution < 1.29 is 4.79 Å². The molecule has 0 spiro atoms. The van der Waals surface area contributed by atoms with Crippen LogP contribution in [0.1, 0.15) is 12.6 Å². The van der Waals surface area contributed by atoms with Crippen LogP contribution in [0.4, 0.5) is 0 Å². The number of nitrogens with zero attached hydrogens (tertiary/aromatic N) is 3. The van der Waals surface area contributed by atoms with Crippen molar-refractivity contribution in [3.05, 3.63) is 32.8 Å². The van der Waals surface area contributed by atoms with Gasteiger partial charge in [-0.3, -0.25) is 14.2 Å². The van der Waals surface area contributed by atoms with Crippen LogP contribution < -0.4 is 10.9 Å². The number of aromatic nitrogens is 3. The van der Waals surface area contributed by atoms with Crippen LogP contribution in [0.15, 0.2) is 21.5 Å². The van der Waals surface area contributed by atoms with E-state index in [0.29, 0.717) is 29.9 Å². The lowest BCUT2D eigenvalue weighted by molar-refractivity contribution is -0.118. The molecule has 7 heteroatoms. The molecular weight excluding hydrogens is 312 g/mol. The van der Waals surface area contributed by atoms with E-state index in [1.807, 2.05) is 6.07 Å². The molecule has 0 aliphatic heterocycles. The minimum Gasteiger partial charge on any atom is -0.355 e. The Balaban J connectivity index is 2.48. The van der Waals surface area contributed by atoms with Gasteiger partial charge in [0.15, 0.2) is 5.65 Å². The zero-order valence-corrected chi connectivity index (χ0v) is 12.2. The number of halogens is 1. The Kier molecular flexibility index (Phi) is 3.94. The molecule has 0 radical (unpaired) electrons. The largest absolute Gasteiger partial charge is 0.355 e. The molecule has 2 aromatic rings. The van der Waals surface area contributed by atoms with E-state index in [-0.39, 0.29) is 11.5 Å². The van der Waals surface area contributed by atoms with Crippen molar-refractivity contribution in [2.45, 2.75) is 20.4 Å². The standard InChI is InChI=1S/C12H13BrN4O2/c1-7-12(19)17(4-3-14-8(2)18)11-10(16-7)5-9(13)6-15-11/h5-6H,3-4H2,1-2H3,(H,14,18). The van der Waals surface area contributed by atoms with E-state index < -0.39 is 0 Å². The third kappa shape index (κ3) is 2.98. The van der Waals surface area contributed by atoms with Crippen LogP contribution in [0.25, 0.3) is 11.2 Å². The maximum Gasteiger partial charge on any atom is 0.273 e. The first-order valence-corrected chi connectivity index (χ1v) is 6.55. The van der Waals surface area contributed by atoms with Crippen LogP contribution >= 0.6 is 15.9 Å². The van der Waals surface area contributed by atoms with E-state index in [1.54, 1.807) is 13.1 Å². The summed E-state index contributed by atoms with van der Waals surface area (Å²) in [6.45, 7) is 3.85. The van der Waals surface area contributed by atoms with Crippen molar-refractivity contribution in [1.82, 2.24) is 19.9 Å². The average molecular weight is 325 g/mol. The number of carbonyl (C=O) groups is 1. The minimum atomic E-state index is -0.187. The molecule has 0 bridgehead atoms. The molecule has 2 aromatic heterocycles. The van der Waals surface area contributed by atoms with Gasteiger partial charge in [-0.1, -0.05) is 0 Å². The predicted octanol–water partition coefficient (Wildman–Crippen LogP) is 0.999. The molecule has 0 saturated heterocycles. The smallest absolute Gasteiger partial charge is 0.273 e. The van der Waals surface area contributed by atoms with E-state index in [2.05, 4.69) is 31.2 Å². The van der Waals surface area contributed by atoms with E-state index in [9.17, 15) is 9.59 Å². The van der Waals surface area contributed by atoms with E-state index in [1.165, 1.54) is 11.5 Å². The Morgan fingerprint density at radius 1 is 1.53 bits per heavy atom. The molecule has 0 fully saturated rings. The molecule has 0 unspecified atom stereocenters. The molecule has 100 valence electrons. The summed E-state index contributed by atoms with van der Waals surface area (Å²) in [5.41, 5.74) is 1.39. The molecule has 1 N–H and O–H groups in total. The molecule has 0 aliphatic carbocycles. The fourth-order valence-corrected chi connectivity index (χ4v) is 2.10. The first-order valence-electron chi connectivity index (χ1n) is 5.76. The third-order valence-electron chi connectivity index (χ3n) is 2.62. The van der Waals surface area contributed by atoms with Crippen LogP contribution in [-0.4, -0.2) is 27.0 Å². The quantitative estimate of drug-likeness (QED) is 0.913. The average Bonchev–Trinajstić information content (AvgIpc) is 2.33. The number of amides is 1. The molecule has 0 aliphatic rings. The van der Waals surface area contributed by atoms with Crippen molar-refractivity contribution in [2.75, 3.05) is 6.54 Å². The molecule has 0 atom stereocenters. The van der Waals surface area contributed by atoms with Crippen molar-refractivity contribution in [3.8, 4) is 0 Å². The minimum absolute atomic E-state index is 0.126. The van der Waals surface area contributed by atoms with Gasteiger partial charge in [-0.2, -0.15) is 0 Å². The fourth-order valence-electron chi connectivity index (χ4n) is 1.78. The summed E-state index contributed by atoms with van der Waals surface area (Å²) in [7, 11) is 0. The number of hydrogen-bond donors (Lipinski definition) is 1. The normalized spacial score (nSPS) is 10.7. The van der Waals surface area contributed by atoms with E-state index >= 15 is 0 Å². The van der Waals surface area contributed by atoms with Crippen LogP contribution in [0.3, 0.4) is 0 Å². The van der Waals surface area contributed by atoms with Gasteiger partial charge in [0.1, 0.15) is 11.2 Å². The maximum absolute atomic E-state index is 12.1. The number of nitrogens with one attached hydrogen (secondary N) is 1. The first-order chi connectivity index (χ1) is 8.99. The van der Waals surface area contributed by atoms with Crippen molar-refractivity contribution >= 4 is 33.0 Å². The van der Waals surface area contributed by atoms with Gasteiger partial charge in [-0.25, -0.2) is 9.97 Å². The highest BCUT2D eigenvalue weighted by atomic mass is 79.9. The zero-order chi connectivity index (χ0) is 14.0. The highest BCUT2D eigenvalue weighted by Gasteiger charge is 2.09. The number of aryl methyl sites for hydroxylation is 1. The number of fused-ring (bicyclic) bond motifs is 1. The summed E-state index contributed by atoms with van der Waals surface area (Å²) in [6, 6.07) is 1.81. The van der Waals surface area contributed by atoms with Gasteiger partial charge in [0.2, 0.25) is 5.91 Å². The Hall–Kier alpha value is -1.76. The van der Waals surface area contributed by atoms with Gasteiger partial charge >= 0.3 is 0 Å². The van der Waals surface area contributed by atoms with Crippen LogP contribution in [0.2, 0.25) is 0 Å². The Labute approximate surface area is 118 Å². The van der Waals surface area contributed by atoms with E-state index in [0.717, 1.165) is 4.47 Å². The first kappa shape index (κ1) is 13.7. The summed E-state index contributed by atoms with van der Waals surface area (Å²) in [5, 5.41) is 2.66. The molecule has 0 aromatic carbocycles. The second kappa shape index (κ2) is 5.48. The van der Waals surface area contributed by atoms with Gasteiger partial charge < -0.3 is 5.32 Å². The fraction of sp³-hybridized carbons (Fsp3) is 0.333. The Bertz CT molecular complexity index is 696. The van der Waals surface area contributed by atoms with Crippen molar-refractivity contribution in [3.63, 3.8) is 0 Å². The van der Waals surface area contributed by atoms with E-state index in [4.69, 9.17) is 0 Å². The van der Waals surface area contributed by atoms with Crippen LogP contribution in [0.5, 0.6) is 0 Å². The van der Waals surface area contributed by atoms with Gasteiger partial charge in [0.25, 0.3) is 5.56 Å². The van der Waals surface area contributed by atoms with Gasteiger partial charge in [0, 0.05) is 30.7 Å². The molecule has 19 heavy (non-hydrogen) atoms. The van der Waals surface area contributed by atoms with Crippen LogP contribution in [0, 0.1) is 6.92 Å². The molecule has 1 amide bonds. The van der Waals surface area contributed by atoms with Gasteiger partial charge in [0.05, 0.1) is 0 Å². The highest BCUT2D eigenvalue weighted by Crippen LogP contribution is 2.14.